The fourth-order valence-corrected chi connectivity index (χ4v) is 9.73. The third-order valence-electron chi connectivity index (χ3n) is 11.2. The summed E-state index contributed by atoms with van der Waals surface area (Å²) in [7, 11) is 0. The summed E-state index contributed by atoms with van der Waals surface area (Å²) in [5, 5.41) is 12.0. The number of thiophene rings is 1. The number of nitrogens with zero attached hydrogens (tertiary/aromatic N) is 4. The van der Waals surface area contributed by atoms with E-state index in [1.54, 1.807) is 11.3 Å². The summed E-state index contributed by atoms with van der Waals surface area (Å²) in [5.41, 5.74) is 6.28. The molecule has 56 heavy (non-hydrogen) atoms. The van der Waals surface area contributed by atoms with Gasteiger partial charge in [0, 0.05) is 53.3 Å². The zero-order chi connectivity index (χ0) is 36.7. The minimum absolute atomic E-state index is 0.645. The minimum Gasteiger partial charge on any atom is -0.309 e. The molecule has 3 aromatic heterocycles. The van der Waals surface area contributed by atoms with Crippen LogP contribution in [0.2, 0.25) is 0 Å². The lowest BCUT2D eigenvalue weighted by Gasteiger charge is -2.13. The second kappa shape index (κ2) is 12.2. The zero-order valence-corrected chi connectivity index (χ0v) is 30.8. The van der Waals surface area contributed by atoms with Crippen molar-refractivity contribution in [3.8, 4) is 39.9 Å². The molecule has 0 fully saturated rings. The molecule has 0 atom stereocenters. The number of fused-ring (bicyclic) bond motifs is 10. The second-order valence-corrected chi connectivity index (χ2v) is 15.5. The molecule has 0 bridgehead atoms. The largest absolute Gasteiger partial charge is 0.309 e. The van der Waals surface area contributed by atoms with E-state index in [1.165, 1.54) is 53.3 Å². The van der Waals surface area contributed by atoms with E-state index in [1.807, 2.05) is 0 Å². The van der Waals surface area contributed by atoms with E-state index in [0.29, 0.717) is 17.5 Å². The Labute approximate surface area is 325 Å². The van der Waals surface area contributed by atoms with Crippen LogP contribution >= 0.6 is 11.3 Å². The van der Waals surface area contributed by atoms with Crippen molar-refractivity contribution in [2.75, 3.05) is 0 Å². The molecule has 0 saturated heterocycles. The Morgan fingerprint density at radius 1 is 0.375 bits per heavy atom. The zero-order valence-electron chi connectivity index (χ0n) is 30.0. The highest BCUT2D eigenvalue weighted by Crippen LogP contribution is 2.44. The van der Waals surface area contributed by atoms with Crippen LogP contribution in [-0.2, 0) is 0 Å². The van der Waals surface area contributed by atoms with Crippen molar-refractivity contribution < 1.29 is 0 Å². The summed E-state index contributed by atoms with van der Waals surface area (Å²) in [6.07, 6.45) is 0. The van der Waals surface area contributed by atoms with Gasteiger partial charge in [-0.25, -0.2) is 15.0 Å². The van der Waals surface area contributed by atoms with Crippen LogP contribution in [0.3, 0.4) is 0 Å². The van der Waals surface area contributed by atoms with Crippen LogP contribution in [-0.4, -0.2) is 19.5 Å². The highest BCUT2D eigenvalue weighted by atomic mass is 32.1. The second-order valence-electron chi connectivity index (χ2n) is 14.4. The predicted molar refractivity (Wildman–Crippen MR) is 236 cm³/mol. The highest BCUT2D eigenvalue weighted by Gasteiger charge is 2.21. The number of rotatable bonds is 4. The Morgan fingerprint density at radius 3 is 1.64 bits per heavy atom. The third-order valence-corrected chi connectivity index (χ3v) is 12.4. The standard InChI is InChI=1S/C51H30N4S/c1-3-14-34-27-36(23-21-31(34)11-1)49-52-50(37-24-22-32-12-2-4-15-35(32)28-37)54-51(53-49)43-30-38(29-42-40-17-8-10-20-46(40)56-48(42)43)55-44-19-9-7-18-41(44)47-39-16-6-5-13-33(39)25-26-45(47)55/h1-30H. The molecule has 260 valence electrons. The molecule has 0 aliphatic rings. The molecule has 0 aliphatic heterocycles. The molecule has 0 unspecified atom stereocenters. The van der Waals surface area contributed by atoms with Crippen LogP contribution in [0.1, 0.15) is 0 Å². The van der Waals surface area contributed by atoms with Gasteiger partial charge in [0.25, 0.3) is 0 Å². The first-order valence-corrected chi connectivity index (χ1v) is 19.7. The smallest absolute Gasteiger partial charge is 0.165 e. The first kappa shape index (κ1) is 31.2. The summed E-state index contributed by atoms with van der Waals surface area (Å²) < 4.78 is 4.80. The summed E-state index contributed by atoms with van der Waals surface area (Å²) in [6.45, 7) is 0. The first-order valence-electron chi connectivity index (χ1n) is 18.8. The Kier molecular flexibility index (Phi) is 6.76. The maximum atomic E-state index is 5.35. The average molecular weight is 731 g/mol. The van der Waals surface area contributed by atoms with Gasteiger partial charge in [-0.2, -0.15) is 0 Å². The van der Waals surface area contributed by atoms with E-state index < -0.39 is 0 Å². The van der Waals surface area contributed by atoms with Gasteiger partial charge >= 0.3 is 0 Å². The molecule has 0 radical (unpaired) electrons. The molecular weight excluding hydrogens is 701 g/mol. The Bertz CT molecular complexity index is 3460. The lowest BCUT2D eigenvalue weighted by molar-refractivity contribution is 1.08. The van der Waals surface area contributed by atoms with Crippen molar-refractivity contribution in [3.63, 3.8) is 0 Å². The molecule has 0 saturated carbocycles. The summed E-state index contributed by atoms with van der Waals surface area (Å²) in [4.78, 5) is 15.9. The van der Waals surface area contributed by atoms with Gasteiger partial charge in [0.05, 0.1) is 11.0 Å². The number of para-hydroxylation sites is 1. The maximum absolute atomic E-state index is 5.35. The van der Waals surface area contributed by atoms with E-state index in [4.69, 9.17) is 15.0 Å². The number of hydrogen-bond acceptors (Lipinski definition) is 4. The van der Waals surface area contributed by atoms with Gasteiger partial charge < -0.3 is 4.57 Å². The van der Waals surface area contributed by atoms with Gasteiger partial charge in [-0.15, -0.1) is 11.3 Å². The highest BCUT2D eigenvalue weighted by molar-refractivity contribution is 7.26. The van der Waals surface area contributed by atoms with Gasteiger partial charge in [0.1, 0.15) is 0 Å². The van der Waals surface area contributed by atoms with Crippen LogP contribution in [0.15, 0.2) is 182 Å². The van der Waals surface area contributed by atoms with Gasteiger partial charge in [-0.1, -0.05) is 140 Å². The predicted octanol–water partition coefficient (Wildman–Crippen LogP) is 13.8. The average Bonchev–Trinajstić information content (AvgIpc) is 3.81. The molecule has 12 aromatic rings. The van der Waals surface area contributed by atoms with E-state index in [0.717, 1.165) is 43.4 Å². The third kappa shape index (κ3) is 4.81. The summed E-state index contributed by atoms with van der Waals surface area (Å²) in [6, 6.07) is 65.1. The van der Waals surface area contributed by atoms with Crippen LogP contribution in [0, 0.1) is 0 Å². The number of benzene rings is 9. The summed E-state index contributed by atoms with van der Waals surface area (Å²) in [5.74, 6) is 1.94. The van der Waals surface area contributed by atoms with Crippen molar-refractivity contribution in [2.45, 2.75) is 0 Å². The molecule has 0 spiro atoms. The van der Waals surface area contributed by atoms with Crippen molar-refractivity contribution >= 4 is 85.6 Å². The molecule has 0 amide bonds. The SMILES string of the molecule is c1ccc2cc(-c3nc(-c4ccc5ccccc5c4)nc(-c4cc(-n5c6ccccc6c6c7ccccc7ccc65)cc5c4sc4ccccc45)n3)ccc2c1. The molecule has 5 heteroatoms. The normalized spacial score (nSPS) is 11.9. The number of hydrogen-bond donors (Lipinski definition) is 0. The van der Waals surface area contributed by atoms with Crippen LogP contribution < -0.4 is 0 Å². The van der Waals surface area contributed by atoms with E-state index in [9.17, 15) is 0 Å². The van der Waals surface area contributed by atoms with E-state index >= 15 is 0 Å². The van der Waals surface area contributed by atoms with Gasteiger partial charge in [0.2, 0.25) is 0 Å². The maximum Gasteiger partial charge on any atom is 0.165 e. The lowest BCUT2D eigenvalue weighted by Crippen LogP contribution is -2.01. The molecule has 0 aliphatic carbocycles. The van der Waals surface area contributed by atoms with Crippen molar-refractivity contribution in [3.05, 3.63) is 182 Å². The Morgan fingerprint density at radius 2 is 0.929 bits per heavy atom. The van der Waals surface area contributed by atoms with Crippen molar-refractivity contribution in [1.29, 1.82) is 0 Å². The quantitative estimate of drug-likeness (QED) is 0.181. The minimum atomic E-state index is 0.645. The van der Waals surface area contributed by atoms with E-state index in [2.05, 4.69) is 187 Å². The molecule has 4 nitrogen and oxygen atoms in total. The monoisotopic (exact) mass is 730 g/mol. The van der Waals surface area contributed by atoms with Crippen LogP contribution in [0.4, 0.5) is 0 Å². The lowest BCUT2D eigenvalue weighted by atomic mass is 10.0. The van der Waals surface area contributed by atoms with Gasteiger partial charge in [-0.3, -0.25) is 0 Å². The Hall–Kier alpha value is -7.21. The summed E-state index contributed by atoms with van der Waals surface area (Å²) >= 11 is 1.80. The molecule has 0 N–H and O–H groups in total. The van der Waals surface area contributed by atoms with Gasteiger partial charge in [0.15, 0.2) is 17.5 Å². The molecule has 3 heterocycles. The molecule has 12 rings (SSSR count). The van der Waals surface area contributed by atoms with E-state index in [-0.39, 0.29) is 0 Å². The van der Waals surface area contributed by atoms with Crippen molar-refractivity contribution in [2.24, 2.45) is 0 Å². The topological polar surface area (TPSA) is 43.6 Å². The molecule has 9 aromatic carbocycles. The number of aromatic nitrogens is 4. The van der Waals surface area contributed by atoms with Gasteiger partial charge in [-0.05, 0) is 74.8 Å². The van der Waals surface area contributed by atoms with Crippen LogP contribution in [0.5, 0.6) is 0 Å². The van der Waals surface area contributed by atoms with Crippen molar-refractivity contribution in [1.82, 2.24) is 19.5 Å². The fraction of sp³-hybridized carbons (Fsp3) is 0. The molecular formula is C51H30N4S. The first-order chi connectivity index (χ1) is 27.7. The van der Waals surface area contributed by atoms with Crippen LogP contribution in [0.25, 0.3) is 114 Å². The fourth-order valence-electron chi connectivity index (χ4n) is 8.54. The Balaban J connectivity index is 1.17.